The van der Waals surface area contributed by atoms with Crippen molar-refractivity contribution in [2.75, 3.05) is 0 Å². The molecule has 0 heterocycles. The van der Waals surface area contributed by atoms with Gasteiger partial charge in [-0.15, -0.1) is 11.6 Å². The van der Waals surface area contributed by atoms with Gasteiger partial charge in [-0.3, -0.25) is 0 Å². The SMILES string of the molecule is Fc1cc(CCl)ccc1OCc1cccc(Br)c1. The first-order chi connectivity index (χ1) is 8.69. The lowest BCUT2D eigenvalue weighted by Gasteiger charge is -2.08. The van der Waals surface area contributed by atoms with Gasteiger partial charge in [0, 0.05) is 10.4 Å². The van der Waals surface area contributed by atoms with E-state index in [0.29, 0.717) is 12.5 Å². The average molecular weight is 330 g/mol. The van der Waals surface area contributed by atoms with Crippen LogP contribution in [-0.2, 0) is 12.5 Å². The molecule has 0 aliphatic carbocycles. The number of ether oxygens (including phenoxy) is 1. The molecule has 4 heteroatoms. The Morgan fingerprint density at radius 1 is 1.11 bits per heavy atom. The molecule has 18 heavy (non-hydrogen) atoms. The Hall–Kier alpha value is -1.06. The van der Waals surface area contributed by atoms with E-state index in [1.807, 2.05) is 24.3 Å². The third kappa shape index (κ3) is 3.47. The molecule has 1 nitrogen and oxygen atoms in total. The second-order valence-electron chi connectivity index (χ2n) is 3.82. The molecule has 0 fully saturated rings. The summed E-state index contributed by atoms with van der Waals surface area (Å²) in [5.41, 5.74) is 1.72. The molecule has 0 amide bonds. The normalized spacial score (nSPS) is 10.4. The Bertz CT molecular complexity index is 545. The number of hydrogen-bond donors (Lipinski definition) is 0. The molecule has 2 rings (SSSR count). The molecule has 0 radical (unpaired) electrons. The fraction of sp³-hybridized carbons (Fsp3) is 0.143. The maximum Gasteiger partial charge on any atom is 0.165 e. The average Bonchev–Trinajstić information content (AvgIpc) is 2.37. The molecule has 2 aromatic carbocycles. The second-order valence-corrected chi connectivity index (χ2v) is 5.00. The molecule has 0 aliphatic rings. The number of halogens is 3. The molecule has 0 bridgehead atoms. The summed E-state index contributed by atoms with van der Waals surface area (Å²) in [6.07, 6.45) is 0. The summed E-state index contributed by atoms with van der Waals surface area (Å²) in [5, 5.41) is 0. The minimum absolute atomic E-state index is 0.240. The molecule has 0 aromatic heterocycles. The molecular weight excluding hydrogens is 319 g/mol. The van der Waals surface area contributed by atoms with Gasteiger partial charge in [0.05, 0.1) is 0 Å². The van der Waals surface area contributed by atoms with Crippen molar-refractivity contribution in [3.63, 3.8) is 0 Å². The van der Waals surface area contributed by atoms with Crippen LogP contribution < -0.4 is 4.74 Å². The van der Waals surface area contributed by atoms with Gasteiger partial charge < -0.3 is 4.74 Å². The summed E-state index contributed by atoms with van der Waals surface area (Å²) < 4.78 is 20.0. The monoisotopic (exact) mass is 328 g/mol. The highest BCUT2D eigenvalue weighted by atomic mass is 79.9. The lowest BCUT2D eigenvalue weighted by molar-refractivity contribution is 0.290. The standard InChI is InChI=1S/C14H11BrClFO/c15-12-3-1-2-11(6-12)9-18-14-5-4-10(8-16)7-13(14)17/h1-7H,8-9H2. The van der Waals surface area contributed by atoms with Crippen LogP contribution in [0.5, 0.6) is 5.75 Å². The molecular formula is C14H11BrClFO. The van der Waals surface area contributed by atoms with Gasteiger partial charge in [-0.05, 0) is 35.4 Å². The van der Waals surface area contributed by atoms with Crippen LogP contribution in [-0.4, -0.2) is 0 Å². The summed E-state index contributed by atoms with van der Waals surface area (Å²) in [6, 6.07) is 12.5. The zero-order valence-corrected chi connectivity index (χ0v) is 11.8. The Morgan fingerprint density at radius 3 is 2.61 bits per heavy atom. The molecule has 0 atom stereocenters. The highest BCUT2D eigenvalue weighted by Crippen LogP contribution is 2.21. The van der Waals surface area contributed by atoms with Crippen LogP contribution in [0.25, 0.3) is 0 Å². The minimum Gasteiger partial charge on any atom is -0.486 e. The number of hydrogen-bond acceptors (Lipinski definition) is 1. The van der Waals surface area contributed by atoms with Gasteiger partial charge in [0.15, 0.2) is 11.6 Å². The quantitative estimate of drug-likeness (QED) is 0.725. The van der Waals surface area contributed by atoms with Gasteiger partial charge in [0.25, 0.3) is 0 Å². The third-order valence-electron chi connectivity index (χ3n) is 2.43. The minimum atomic E-state index is -0.386. The van der Waals surface area contributed by atoms with Gasteiger partial charge in [0.1, 0.15) is 6.61 Å². The Kier molecular flexibility index (Phi) is 4.61. The number of benzene rings is 2. The van der Waals surface area contributed by atoms with Crippen LogP contribution in [0.3, 0.4) is 0 Å². The van der Waals surface area contributed by atoms with Crippen LogP contribution >= 0.6 is 27.5 Å². The largest absolute Gasteiger partial charge is 0.486 e. The van der Waals surface area contributed by atoms with E-state index in [1.54, 1.807) is 12.1 Å². The second kappa shape index (κ2) is 6.21. The first-order valence-corrected chi connectivity index (χ1v) is 6.73. The van der Waals surface area contributed by atoms with E-state index in [4.69, 9.17) is 16.3 Å². The molecule has 94 valence electrons. The molecule has 0 spiro atoms. The van der Waals surface area contributed by atoms with Crippen molar-refractivity contribution in [2.45, 2.75) is 12.5 Å². The predicted octanol–water partition coefficient (Wildman–Crippen LogP) is 4.91. The van der Waals surface area contributed by atoms with Crippen molar-refractivity contribution in [1.29, 1.82) is 0 Å². The van der Waals surface area contributed by atoms with Gasteiger partial charge in [-0.1, -0.05) is 34.1 Å². The number of alkyl halides is 1. The molecule has 0 saturated heterocycles. The van der Waals surface area contributed by atoms with Crippen LogP contribution in [0.15, 0.2) is 46.9 Å². The predicted molar refractivity (Wildman–Crippen MR) is 74.4 cm³/mol. The van der Waals surface area contributed by atoms with Crippen LogP contribution in [0, 0.1) is 5.82 Å². The van der Waals surface area contributed by atoms with Crippen molar-refractivity contribution in [2.24, 2.45) is 0 Å². The highest BCUT2D eigenvalue weighted by molar-refractivity contribution is 9.10. The zero-order chi connectivity index (χ0) is 13.0. The summed E-state index contributed by atoms with van der Waals surface area (Å²) in [6.45, 7) is 0.330. The first kappa shape index (κ1) is 13.4. The smallest absolute Gasteiger partial charge is 0.165 e. The van der Waals surface area contributed by atoms with Crippen molar-refractivity contribution in [3.8, 4) is 5.75 Å². The van der Waals surface area contributed by atoms with Crippen LogP contribution in [0.2, 0.25) is 0 Å². The molecule has 0 unspecified atom stereocenters. The maximum atomic E-state index is 13.6. The Labute approximate surface area is 119 Å². The summed E-state index contributed by atoms with van der Waals surface area (Å²) in [7, 11) is 0. The maximum absolute atomic E-state index is 13.6. The van der Waals surface area contributed by atoms with Crippen LogP contribution in [0.4, 0.5) is 4.39 Å². The van der Waals surface area contributed by atoms with Gasteiger partial charge in [-0.25, -0.2) is 4.39 Å². The van der Waals surface area contributed by atoms with E-state index in [1.165, 1.54) is 6.07 Å². The van der Waals surface area contributed by atoms with Gasteiger partial charge in [-0.2, -0.15) is 0 Å². The summed E-state index contributed by atoms with van der Waals surface area (Å²) in [5.74, 6) is 0.148. The van der Waals surface area contributed by atoms with Crippen molar-refractivity contribution < 1.29 is 9.13 Å². The lowest BCUT2D eigenvalue weighted by Crippen LogP contribution is -1.97. The fourth-order valence-electron chi connectivity index (χ4n) is 1.53. The van der Waals surface area contributed by atoms with Crippen molar-refractivity contribution in [3.05, 3.63) is 63.9 Å². The summed E-state index contributed by atoms with van der Waals surface area (Å²) in [4.78, 5) is 0. The Balaban J connectivity index is 2.06. The number of rotatable bonds is 4. The Morgan fingerprint density at radius 2 is 1.94 bits per heavy atom. The van der Waals surface area contributed by atoms with Crippen molar-refractivity contribution in [1.82, 2.24) is 0 Å². The molecule has 2 aromatic rings. The van der Waals surface area contributed by atoms with E-state index >= 15 is 0 Å². The van der Waals surface area contributed by atoms with Crippen molar-refractivity contribution >= 4 is 27.5 Å². The van der Waals surface area contributed by atoms with E-state index in [0.717, 1.165) is 15.6 Å². The zero-order valence-electron chi connectivity index (χ0n) is 9.50. The topological polar surface area (TPSA) is 9.23 Å². The third-order valence-corrected chi connectivity index (χ3v) is 3.24. The molecule has 0 aliphatic heterocycles. The first-order valence-electron chi connectivity index (χ1n) is 5.40. The highest BCUT2D eigenvalue weighted by Gasteiger charge is 2.05. The van der Waals surface area contributed by atoms with Crippen LogP contribution in [0.1, 0.15) is 11.1 Å². The fourth-order valence-corrected chi connectivity index (χ4v) is 2.15. The van der Waals surface area contributed by atoms with E-state index in [-0.39, 0.29) is 11.6 Å². The van der Waals surface area contributed by atoms with E-state index < -0.39 is 0 Å². The van der Waals surface area contributed by atoms with E-state index in [9.17, 15) is 4.39 Å². The van der Waals surface area contributed by atoms with E-state index in [2.05, 4.69) is 15.9 Å². The molecule has 0 N–H and O–H groups in total. The van der Waals surface area contributed by atoms with Gasteiger partial charge >= 0.3 is 0 Å². The lowest BCUT2D eigenvalue weighted by atomic mass is 10.2. The van der Waals surface area contributed by atoms with Gasteiger partial charge in [0.2, 0.25) is 0 Å². The summed E-state index contributed by atoms with van der Waals surface area (Å²) >= 11 is 9.01. The molecule has 0 saturated carbocycles.